The summed E-state index contributed by atoms with van der Waals surface area (Å²) in [5.74, 6) is -0.621. The molecule has 0 saturated carbocycles. The number of ether oxygens (including phenoxy) is 1. The van der Waals surface area contributed by atoms with Crippen LogP contribution in [0.3, 0.4) is 0 Å². The number of carbonyl (C=O) groups is 2. The fourth-order valence-electron chi connectivity index (χ4n) is 2.05. The average Bonchev–Trinajstić information content (AvgIpc) is 2.63. The van der Waals surface area contributed by atoms with Crippen molar-refractivity contribution in [3.8, 4) is 0 Å². The number of carbonyl (C=O) groups excluding carboxylic acids is 2. The lowest BCUT2D eigenvalue weighted by atomic mass is 10.2. The molecule has 0 aromatic heterocycles. The van der Waals surface area contributed by atoms with Crippen molar-refractivity contribution in [2.24, 2.45) is 0 Å². The van der Waals surface area contributed by atoms with E-state index in [1.807, 2.05) is 0 Å². The van der Waals surface area contributed by atoms with E-state index in [1.54, 1.807) is 50.2 Å². The zero-order valence-corrected chi connectivity index (χ0v) is 15.1. The molecule has 2 aromatic rings. The van der Waals surface area contributed by atoms with E-state index in [1.165, 1.54) is 23.9 Å². The summed E-state index contributed by atoms with van der Waals surface area (Å²) < 4.78 is 4.90. The Morgan fingerprint density at radius 3 is 2.31 bits per heavy atom. The molecule has 0 aliphatic rings. The second kappa shape index (κ2) is 9.00. The molecule has 1 amide bonds. The van der Waals surface area contributed by atoms with Crippen LogP contribution in [-0.4, -0.2) is 28.7 Å². The number of thioether (sulfide) groups is 1. The van der Waals surface area contributed by atoms with E-state index >= 15 is 0 Å². The van der Waals surface area contributed by atoms with Crippen LogP contribution in [0.5, 0.6) is 0 Å². The van der Waals surface area contributed by atoms with Gasteiger partial charge < -0.3 is 10.1 Å². The Kier molecular flexibility index (Phi) is 6.74. The van der Waals surface area contributed by atoms with E-state index in [9.17, 15) is 19.7 Å². The molecular formula is C18H18N2O5S. The van der Waals surface area contributed by atoms with Crippen LogP contribution >= 0.6 is 11.8 Å². The van der Waals surface area contributed by atoms with Gasteiger partial charge in [-0.2, -0.15) is 0 Å². The largest absolute Gasteiger partial charge is 0.462 e. The number of esters is 1. The van der Waals surface area contributed by atoms with Gasteiger partial charge in [-0.1, -0.05) is 0 Å². The third-order valence-corrected chi connectivity index (χ3v) is 4.51. The molecule has 0 unspecified atom stereocenters. The summed E-state index contributed by atoms with van der Waals surface area (Å²) in [6.45, 7) is 3.78. The van der Waals surface area contributed by atoms with E-state index in [-0.39, 0.29) is 11.6 Å². The molecule has 0 heterocycles. The van der Waals surface area contributed by atoms with E-state index < -0.39 is 16.1 Å². The normalized spacial score (nSPS) is 11.5. The maximum absolute atomic E-state index is 12.3. The van der Waals surface area contributed by atoms with Crippen molar-refractivity contribution in [2.75, 3.05) is 11.9 Å². The quantitative estimate of drug-likeness (QED) is 0.342. The lowest BCUT2D eigenvalue weighted by Gasteiger charge is -2.12. The molecule has 2 aromatic carbocycles. The van der Waals surface area contributed by atoms with Crippen LogP contribution in [0.2, 0.25) is 0 Å². The van der Waals surface area contributed by atoms with Gasteiger partial charge in [0.15, 0.2) is 0 Å². The lowest BCUT2D eigenvalue weighted by molar-refractivity contribution is -0.384. The van der Waals surface area contributed by atoms with Gasteiger partial charge in [-0.05, 0) is 50.2 Å². The molecule has 0 aliphatic heterocycles. The molecule has 0 bridgehead atoms. The third kappa shape index (κ3) is 5.32. The van der Waals surface area contributed by atoms with E-state index in [0.29, 0.717) is 17.9 Å². The van der Waals surface area contributed by atoms with Crippen LogP contribution < -0.4 is 5.32 Å². The first kappa shape index (κ1) is 19.5. The van der Waals surface area contributed by atoms with Crippen molar-refractivity contribution in [1.29, 1.82) is 0 Å². The maximum Gasteiger partial charge on any atom is 0.338 e. The van der Waals surface area contributed by atoms with Crippen LogP contribution in [0, 0.1) is 10.1 Å². The predicted octanol–water partition coefficient (Wildman–Crippen LogP) is 3.89. The molecule has 1 N–H and O–H groups in total. The minimum absolute atomic E-state index is 0.00754. The summed E-state index contributed by atoms with van der Waals surface area (Å²) in [5, 5.41) is 13.0. The number of hydrogen-bond acceptors (Lipinski definition) is 6. The van der Waals surface area contributed by atoms with Crippen molar-refractivity contribution < 1.29 is 19.2 Å². The number of benzene rings is 2. The summed E-state index contributed by atoms with van der Waals surface area (Å²) in [4.78, 5) is 34.8. The van der Waals surface area contributed by atoms with Crippen molar-refractivity contribution in [3.05, 3.63) is 64.2 Å². The molecule has 0 radical (unpaired) electrons. The number of nitro benzene ring substituents is 1. The Bertz CT molecular complexity index is 790. The van der Waals surface area contributed by atoms with E-state index in [0.717, 1.165) is 4.90 Å². The van der Waals surface area contributed by atoms with Gasteiger partial charge in [0.05, 0.1) is 22.3 Å². The molecule has 136 valence electrons. The topological polar surface area (TPSA) is 98.5 Å². The monoisotopic (exact) mass is 374 g/mol. The molecule has 0 fully saturated rings. The number of anilines is 1. The van der Waals surface area contributed by atoms with Crippen molar-refractivity contribution in [1.82, 2.24) is 0 Å². The Hall–Kier alpha value is -2.87. The molecule has 1 atom stereocenters. The van der Waals surface area contributed by atoms with Crippen LogP contribution in [0.4, 0.5) is 11.4 Å². The molecule has 2 rings (SSSR count). The smallest absolute Gasteiger partial charge is 0.338 e. The van der Waals surface area contributed by atoms with Gasteiger partial charge in [0.25, 0.3) is 5.69 Å². The van der Waals surface area contributed by atoms with Gasteiger partial charge in [-0.25, -0.2) is 4.79 Å². The SMILES string of the molecule is CCOC(=O)c1ccc(NC(=O)[C@H](C)Sc2ccc([N+](=O)[O-])cc2)cc1. The molecule has 8 heteroatoms. The van der Waals surface area contributed by atoms with Gasteiger partial charge in [-0.15, -0.1) is 11.8 Å². The second-order valence-electron chi connectivity index (χ2n) is 5.30. The first-order valence-electron chi connectivity index (χ1n) is 7.90. The highest BCUT2D eigenvalue weighted by Crippen LogP contribution is 2.26. The van der Waals surface area contributed by atoms with Crippen molar-refractivity contribution >= 4 is 35.0 Å². The number of non-ortho nitro benzene ring substituents is 1. The number of rotatable bonds is 7. The fourth-order valence-corrected chi connectivity index (χ4v) is 2.92. The summed E-state index contributed by atoms with van der Waals surface area (Å²) in [6.07, 6.45) is 0. The molecule has 26 heavy (non-hydrogen) atoms. The van der Waals surface area contributed by atoms with Crippen molar-refractivity contribution in [2.45, 2.75) is 24.0 Å². The number of amides is 1. The van der Waals surface area contributed by atoms with Gasteiger partial charge >= 0.3 is 5.97 Å². The number of nitrogens with zero attached hydrogens (tertiary/aromatic N) is 1. The highest BCUT2D eigenvalue weighted by molar-refractivity contribution is 8.00. The summed E-state index contributed by atoms with van der Waals surface area (Å²) in [5.41, 5.74) is 0.991. The molecular weight excluding hydrogens is 356 g/mol. The maximum atomic E-state index is 12.3. The van der Waals surface area contributed by atoms with Crippen LogP contribution in [0.15, 0.2) is 53.4 Å². The van der Waals surface area contributed by atoms with Gasteiger partial charge in [0, 0.05) is 22.7 Å². The Morgan fingerprint density at radius 2 is 1.77 bits per heavy atom. The van der Waals surface area contributed by atoms with Gasteiger partial charge in [-0.3, -0.25) is 14.9 Å². The number of nitro groups is 1. The summed E-state index contributed by atoms with van der Waals surface area (Å²) >= 11 is 1.30. The number of nitrogens with one attached hydrogen (secondary N) is 1. The Balaban J connectivity index is 1.94. The first-order chi connectivity index (χ1) is 12.4. The van der Waals surface area contributed by atoms with Crippen LogP contribution in [0.1, 0.15) is 24.2 Å². The van der Waals surface area contributed by atoms with Gasteiger partial charge in [0.1, 0.15) is 0 Å². The van der Waals surface area contributed by atoms with Gasteiger partial charge in [0.2, 0.25) is 5.91 Å². The summed E-state index contributed by atoms with van der Waals surface area (Å²) in [6, 6.07) is 12.5. The minimum atomic E-state index is -0.468. The fraction of sp³-hybridized carbons (Fsp3) is 0.222. The van der Waals surface area contributed by atoms with E-state index in [4.69, 9.17) is 4.74 Å². The Labute approximate surface area is 154 Å². The highest BCUT2D eigenvalue weighted by Gasteiger charge is 2.16. The zero-order valence-electron chi connectivity index (χ0n) is 14.3. The first-order valence-corrected chi connectivity index (χ1v) is 8.78. The van der Waals surface area contributed by atoms with E-state index in [2.05, 4.69) is 5.32 Å². The van der Waals surface area contributed by atoms with Crippen LogP contribution in [0.25, 0.3) is 0 Å². The third-order valence-electron chi connectivity index (χ3n) is 3.39. The minimum Gasteiger partial charge on any atom is -0.462 e. The van der Waals surface area contributed by atoms with Crippen LogP contribution in [-0.2, 0) is 9.53 Å². The highest BCUT2D eigenvalue weighted by atomic mass is 32.2. The lowest BCUT2D eigenvalue weighted by Crippen LogP contribution is -2.22. The molecule has 0 saturated heterocycles. The van der Waals surface area contributed by atoms with Crippen molar-refractivity contribution in [3.63, 3.8) is 0 Å². The Morgan fingerprint density at radius 1 is 1.15 bits per heavy atom. The average molecular weight is 374 g/mol. The zero-order chi connectivity index (χ0) is 19.1. The number of hydrogen-bond donors (Lipinski definition) is 1. The standard InChI is InChI=1S/C18H18N2O5S/c1-3-25-18(22)13-4-6-14(7-5-13)19-17(21)12(2)26-16-10-8-15(9-11-16)20(23)24/h4-12H,3H2,1-2H3,(H,19,21)/t12-/m0/s1. The molecule has 0 spiro atoms. The predicted molar refractivity (Wildman–Crippen MR) is 99.4 cm³/mol. The second-order valence-corrected chi connectivity index (χ2v) is 6.71. The molecule has 0 aliphatic carbocycles. The molecule has 7 nitrogen and oxygen atoms in total. The summed E-state index contributed by atoms with van der Waals surface area (Å²) in [7, 11) is 0.